The standard InChI is InChI=1S/C2H7NO2S2/c3-2(1-6)7(4)5/h2,6H,1,3H2,(H,4,5)/t2-/m0/s1. The van der Waals surface area contributed by atoms with Gasteiger partial charge in [0.2, 0.25) is 0 Å². The molecular formula is C2H7NO2S2. The van der Waals surface area contributed by atoms with Crippen molar-refractivity contribution < 1.29 is 8.76 Å². The first-order valence-corrected chi connectivity index (χ1v) is 3.45. The van der Waals surface area contributed by atoms with E-state index in [9.17, 15) is 4.21 Å². The topological polar surface area (TPSA) is 63.3 Å². The molecule has 3 N–H and O–H groups in total. The van der Waals surface area contributed by atoms with Crippen molar-refractivity contribution in [1.29, 1.82) is 0 Å². The molecule has 0 aliphatic carbocycles. The number of hydrogen-bond acceptors (Lipinski definition) is 3. The number of rotatable bonds is 2. The van der Waals surface area contributed by atoms with Gasteiger partial charge in [-0.15, -0.1) is 0 Å². The van der Waals surface area contributed by atoms with Gasteiger partial charge >= 0.3 is 0 Å². The van der Waals surface area contributed by atoms with E-state index in [1.165, 1.54) is 0 Å². The molecule has 0 heterocycles. The molecule has 0 saturated heterocycles. The van der Waals surface area contributed by atoms with E-state index in [2.05, 4.69) is 12.6 Å². The largest absolute Gasteiger partial charge is 0.315 e. The molecule has 44 valence electrons. The van der Waals surface area contributed by atoms with Crippen molar-refractivity contribution in [2.24, 2.45) is 5.73 Å². The van der Waals surface area contributed by atoms with Crippen molar-refractivity contribution in [1.82, 2.24) is 0 Å². The molecule has 0 spiro atoms. The zero-order valence-corrected chi connectivity index (χ0v) is 5.28. The lowest BCUT2D eigenvalue weighted by Gasteiger charge is -1.97. The zero-order valence-electron chi connectivity index (χ0n) is 3.57. The maximum absolute atomic E-state index is 9.87. The molecule has 7 heavy (non-hydrogen) atoms. The van der Waals surface area contributed by atoms with Gasteiger partial charge in [-0.1, -0.05) is 0 Å². The van der Waals surface area contributed by atoms with Gasteiger partial charge in [-0.2, -0.15) is 12.6 Å². The third-order valence-corrected chi connectivity index (χ3v) is 1.76. The van der Waals surface area contributed by atoms with E-state index in [1.54, 1.807) is 0 Å². The Labute approximate surface area is 50.0 Å². The summed E-state index contributed by atoms with van der Waals surface area (Å²) in [4.78, 5) is 0. The Morgan fingerprint density at radius 3 is 2.43 bits per heavy atom. The molecule has 1 unspecified atom stereocenters. The molecule has 3 nitrogen and oxygen atoms in total. The fourth-order valence-electron chi connectivity index (χ4n) is 0.0638. The summed E-state index contributed by atoms with van der Waals surface area (Å²) >= 11 is 1.77. The van der Waals surface area contributed by atoms with Gasteiger partial charge in [0, 0.05) is 5.75 Å². The lowest BCUT2D eigenvalue weighted by Crippen LogP contribution is -2.26. The lowest BCUT2D eigenvalue weighted by molar-refractivity contribution is 0.554. The Bertz CT molecular complexity index is 76.1. The van der Waals surface area contributed by atoms with Gasteiger partial charge in [0.15, 0.2) is 11.1 Å². The first kappa shape index (κ1) is 7.42. The summed E-state index contributed by atoms with van der Waals surface area (Å²) in [6.45, 7) is 0. The van der Waals surface area contributed by atoms with Crippen LogP contribution in [0.2, 0.25) is 0 Å². The Morgan fingerprint density at radius 2 is 2.43 bits per heavy atom. The van der Waals surface area contributed by atoms with Gasteiger partial charge in [-0.25, -0.2) is 4.21 Å². The average molecular weight is 141 g/mol. The average Bonchev–Trinajstić information content (AvgIpc) is 1.65. The van der Waals surface area contributed by atoms with Gasteiger partial charge in [0.25, 0.3) is 0 Å². The molecule has 0 saturated carbocycles. The minimum absolute atomic E-state index is 0.239. The maximum Gasteiger partial charge on any atom is 0.171 e. The second-order valence-corrected chi connectivity index (χ2v) is 2.52. The second kappa shape index (κ2) is 3.43. The van der Waals surface area contributed by atoms with Crippen molar-refractivity contribution in [2.45, 2.75) is 5.37 Å². The van der Waals surface area contributed by atoms with Crippen molar-refractivity contribution in [2.75, 3.05) is 5.75 Å². The first-order chi connectivity index (χ1) is 3.18. The van der Waals surface area contributed by atoms with Crippen LogP contribution in [0.3, 0.4) is 0 Å². The predicted octanol–water partition coefficient (Wildman–Crippen LogP) is -0.577. The fourth-order valence-corrected chi connectivity index (χ4v) is 0.574. The zero-order chi connectivity index (χ0) is 5.86. The number of hydrogen-bond donors (Lipinski definition) is 3. The predicted molar refractivity (Wildman–Crippen MR) is 32.6 cm³/mol. The molecule has 5 heteroatoms. The number of nitrogens with two attached hydrogens (primary N) is 1. The molecular weight excluding hydrogens is 134 g/mol. The molecule has 0 radical (unpaired) electrons. The highest BCUT2D eigenvalue weighted by Crippen LogP contribution is 1.85. The van der Waals surface area contributed by atoms with Gasteiger partial charge in [-0.05, 0) is 0 Å². The van der Waals surface area contributed by atoms with Gasteiger partial charge in [0.05, 0.1) is 0 Å². The summed E-state index contributed by atoms with van der Waals surface area (Å²) in [5, 5.41) is -0.705. The highest BCUT2D eigenvalue weighted by Gasteiger charge is 2.03. The molecule has 0 fully saturated rings. The molecule has 0 bridgehead atoms. The Hall–Kier alpha value is 0.420. The maximum atomic E-state index is 9.87. The van der Waals surface area contributed by atoms with Gasteiger partial charge in [-0.3, -0.25) is 0 Å². The third-order valence-electron chi connectivity index (χ3n) is 0.439. The molecule has 2 atom stereocenters. The van der Waals surface area contributed by atoms with Crippen LogP contribution >= 0.6 is 12.6 Å². The minimum Gasteiger partial charge on any atom is -0.315 e. The summed E-state index contributed by atoms with van der Waals surface area (Å²) in [7, 11) is 0. The molecule has 0 aromatic carbocycles. The van der Waals surface area contributed by atoms with E-state index in [0.29, 0.717) is 0 Å². The molecule has 0 aliphatic heterocycles. The van der Waals surface area contributed by atoms with E-state index in [0.717, 1.165) is 0 Å². The Kier molecular flexibility index (Phi) is 3.63. The van der Waals surface area contributed by atoms with Crippen LogP contribution in [0.4, 0.5) is 0 Å². The summed E-state index contributed by atoms with van der Waals surface area (Å²) in [5.74, 6) is 0.239. The highest BCUT2D eigenvalue weighted by molar-refractivity contribution is 7.84. The van der Waals surface area contributed by atoms with Crippen LogP contribution in [-0.2, 0) is 11.1 Å². The molecule has 0 amide bonds. The van der Waals surface area contributed by atoms with Crippen LogP contribution < -0.4 is 5.73 Å². The first-order valence-electron chi connectivity index (χ1n) is 1.64. The lowest BCUT2D eigenvalue weighted by atomic mass is 10.8. The van der Waals surface area contributed by atoms with E-state index >= 15 is 0 Å². The minimum atomic E-state index is -1.91. The normalized spacial score (nSPS) is 18.7. The van der Waals surface area contributed by atoms with Crippen LogP contribution in [0.25, 0.3) is 0 Å². The smallest absolute Gasteiger partial charge is 0.171 e. The Morgan fingerprint density at radius 1 is 2.00 bits per heavy atom. The molecule has 0 aliphatic rings. The van der Waals surface area contributed by atoms with Gasteiger partial charge in [0.1, 0.15) is 5.37 Å². The SMILES string of the molecule is N[C@H](CS)S(=O)O. The summed E-state index contributed by atoms with van der Waals surface area (Å²) in [6, 6.07) is 0. The van der Waals surface area contributed by atoms with Crippen molar-refractivity contribution in [3.05, 3.63) is 0 Å². The van der Waals surface area contributed by atoms with E-state index < -0.39 is 16.5 Å². The highest BCUT2D eigenvalue weighted by atomic mass is 32.2. The van der Waals surface area contributed by atoms with Crippen LogP contribution in [0.5, 0.6) is 0 Å². The third kappa shape index (κ3) is 3.04. The van der Waals surface area contributed by atoms with E-state index in [-0.39, 0.29) is 5.75 Å². The molecule has 0 aromatic heterocycles. The number of thiol groups is 1. The molecule has 0 rings (SSSR count). The van der Waals surface area contributed by atoms with Crippen molar-refractivity contribution >= 4 is 23.7 Å². The van der Waals surface area contributed by atoms with Gasteiger partial charge < -0.3 is 10.3 Å². The molecule has 0 aromatic rings. The quantitative estimate of drug-likeness (QED) is 0.356. The van der Waals surface area contributed by atoms with E-state index in [1.807, 2.05) is 0 Å². The van der Waals surface area contributed by atoms with E-state index in [4.69, 9.17) is 10.3 Å². The second-order valence-electron chi connectivity index (χ2n) is 0.997. The van der Waals surface area contributed by atoms with Crippen LogP contribution in [0.1, 0.15) is 0 Å². The van der Waals surface area contributed by atoms with Crippen molar-refractivity contribution in [3.8, 4) is 0 Å². The summed E-state index contributed by atoms with van der Waals surface area (Å²) in [5.41, 5.74) is 4.99. The monoisotopic (exact) mass is 141 g/mol. The van der Waals surface area contributed by atoms with Crippen LogP contribution in [0, 0.1) is 0 Å². The summed E-state index contributed by atoms with van der Waals surface area (Å²) in [6.07, 6.45) is 0. The van der Waals surface area contributed by atoms with Crippen molar-refractivity contribution in [3.63, 3.8) is 0 Å². The van der Waals surface area contributed by atoms with Crippen LogP contribution in [-0.4, -0.2) is 19.9 Å². The fraction of sp³-hybridized carbons (Fsp3) is 1.00. The van der Waals surface area contributed by atoms with Crippen LogP contribution in [0.15, 0.2) is 0 Å². The summed E-state index contributed by atoms with van der Waals surface area (Å²) < 4.78 is 18.0. The Balaban J connectivity index is 3.34.